The van der Waals surface area contributed by atoms with Crippen molar-refractivity contribution in [1.82, 2.24) is 0 Å². The van der Waals surface area contributed by atoms with E-state index in [-0.39, 0.29) is 5.92 Å². The summed E-state index contributed by atoms with van der Waals surface area (Å²) in [4.78, 5) is 11.8. The van der Waals surface area contributed by atoms with Crippen LogP contribution in [0.15, 0.2) is 23.8 Å². The summed E-state index contributed by atoms with van der Waals surface area (Å²) in [5.41, 5.74) is 0.516. The highest BCUT2D eigenvalue weighted by atomic mass is 16.5. The fraction of sp³-hybridized carbons (Fsp3) is 0.688. The van der Waals surface area contributed by atoms with Crippen LogP contribution in [0.2, 0.25) is 0 Å². The van der Waals surface area contributed by atoms with E-state index < -0.39 is 11.4 Å². The Labute approximate surface area is 116 Å². The second-order valence-electron chi connectivity index (χ2n) is 5.24. The molecule has 0 saturated heterocycles. The molecule has 0 fully saturated rings. The lowest BCUT2D eigenvalue weighted by Crippen LogP contribution is -2.39. The molecule has 1 aliphatic carbocycles. The number of unbranched alkanes of at least 4 members (excludes halogenated alkanes) is 1. The number of ether oxygens (including phenoxy) is 1. The molecule has 2 atom stereocenters. The molecular formula is C16H26O3. The van der Waals surface area contributed by atoms with E-state index in [0.717, 1.165) is 25.7 Å². The molecule has 0 bridgehead atoms. The number of hydrogen-bond acceptors (Lipinski definition) is 2. The number of rotatable bonds is 8. The average molecular weight is 266 g/mol. The molecular weight excluding hydrogens is 240 g/mol. The first-order valence-electron chi connectivity index (χ1n) is 7.23. The van der Waals surface area contributed by atoms with Crippen molar-refractivity contribution in [3.63, 3.8) is 0 Å². The first-order valence-corrected chi connectivity index (χ1v) is 7.23. The molecule has 0 aromatic carbocycles. The second kappa shape index (κ2) is 7.49. The molecule has 0 heterocycles. The third-order valence-electron chi connectivity index (χ3n) is 4.19. The van der Waals surface area contributed by atoms with E-state index in [1.807, 2.05) is 19.1 Å². The number of carboxylic acid groups (broad SMARTS) is 1. The lowest BCUT2D eigenvalue weighted by atomic mass is 9.65. The highest BCUT2D eigenvalue weighted by Gasteiger charge is 2.44. The molecule has 0 aromatic heterocycles. The number of carboxylic acids is 1. The van der Waals surface area contributed by atoms with Gasteiger partial charge in [0.2, 0.25) is 0 Å². The van der Waals surface area contributed by atoms with Gasteiger partial charge >= 0.3 is 5.97 Å². The maximum absolute atomic E-state index is 11.8. The van der Waals surface area contributed by atoms with Crippen molar-refractivity contribution >= 4 is 5.97 Å². The summed E-state index contributed by atoms with van der Waals surface area (Å²) in [6, 6.07) is 0. The third kappa shape index (κ3) is 3.47. The molecule has 0 aliphatic heterocycles. The van der Waals surface area contributed by atoms with Crippen LogP contribution < -0.4 is 0 Å². The molecule has 1 rings (SSSR count). The lowest BCUT2D eigenvalue weighted by Gasteiger charge is -2.38. The van der Waals surface area contributed by atoms with Crippen molar-refractivity contribution < 1.29 is 14.6 Å². The Bertz CT molecular complexity index is 357. The smallest absolute Gasteiger partial charge is 0.314 e. The van der Waals surface area contributed by atoms with Gasteiger partial charge in [-0.25, -0.2) is 0 Å². The van der Waals surface area contributed by atoms with Gasteiger partial charge in [-0.3, -0.25) is 4.79 Å². The fourth-order valence-electron chi connectivity index (χ4n) is 2.96. The fourth-order valence-corrected chi connectivity index (χ4v) is 2.96. The SMILES string of the molecule is CCCCC1=CC=CC(CC)(C(=O)O)C1CCOC. The van der Waals surface area contributed by atoms with E-state index in [0.29, 0.717) is 13.0 Å². The number of carbonyl (C=O) groups is 1. The van der Waals surface area contributed by atoms with Crippen LogP contribution in [-0.4, -0.2) is 24.8 Å². The van der Waals surface area contributed by atoms with Crippen molar-refractivity contribution in [2.45, 2.75) is 46.0 Å². The van der Waals surface area contributed by atoms with Crippen LogP contribution in [0.4, 0.5) is 0 Å². The van der Waals surface area contributed by atoms with Crippen molar-refractivity contribution in [3.8, 4) is 0 Å². The van der Waals surface area contributed by atoms with Crippen LogP contribution in [0.25, 0.3) is 0 Å². The Hall–Kier alpha value is -1.09. The van der Waals surface area contributed by atoms with Gasteiger partial charge in [-0.05, 0) is 25.7 Å². The predicted octanol–water partition coefficient (Wildman–Crippen LogP) is 3.81. The first-order chi connectivity index (χ1) is 9.12. The van der Waals surface area contributed by atoms with Gasteiger partial charge in [0.25, 0.3) is 0 Å². The van der Waals surface area contributed by atoms with Crippen LogP contribution in [0, 0.1) is 11.3 Å². The minimum Gasteiger partial charge on any atom is -0.481 e. The largest absolute Gasteiger partial charge is 0.481 e. The van der Waals surface area contributed by atoms with E-state index in [4.69, 9.17) is 4.74 Å². The van der Waals surface area contributed by atoms with Gasteiger partial charge in [0, 0.05) is 19.6 Å². The molecule has 3 heteroatoms. The van der Waals surface area contributed by atoms with E-state index in [9.17, 15) is 9.90 Å². The molecule has 0 radical (unpaired) electrons. The second-order valence-corrected chi connectivity index (χ2v) is 5.24. The molecule has 1 N–H and O–H groups in total. The quantitative estimate of drug-likeness (QED) is 0.726. The van der Waals surface area contributed by atoms with Crippen molar-refractivity contribution in [1.29, 1.82) is 0 Å². The maximum atomic E-state index is 11.8. The summed E-state index contributed by atoms with van der Waals surface area (Å²) in [7, 11) is 1.67. The third-order valence-corrected chi connectivity index (χ3v) is 4.19. The Morgan fingerprint density at radius 2 is 2.21 bits per heavy atom. The summed E-state index contributed by atoms with van der Waals surface area (Å²) >= 11 is 0. The first kappa shape index (κ1) is 16.0. The minimum atomic E-state index is -0.754. The Morgan fingerprint density at radius 1 is 1.47 bits per heavy atom. The van der Waals surface area contributed by atoms with Crippen LogP contribution in [0.1, 0.15) is 46.0 Å². The standard InChI is InChI=1S/C16H26O3/c1-4-6-8-13-9-7-11-16(5-2,15(17)18)14(13)10-12-19-3/h7,9,11,14H,4-6,8,10,12H2,1-3H3,(H,17,18). The van der Waals surface area contributed by atoms with E-state index in [1.54, 1.807) is 7.11 Å². The van der Waals surface area contributed by atoms with Gasteiger partial charge in [-0.1, -0.05) is 44.1 Å². The number of methoxy groups -OCH3 is 1. The van der Waals surface area contributed by atoms with Gasteiger partial charge in [-0.15, -0.1) is 0 Å². The van der Waals surface area contributed by atoms with Crippen molar-refractivity contribution in [2.24, 2.45) is 11.3 Å². The van der Waals surface area contributed by atoms with Crippen LogP contribution in [0.3, 0.4) is 0 Å². The molecule has 0 spiro atoms. The Balaban J connectivity index is 3.00. The summed E-state index contributed by atoms with van der Waals surface area (Å²) in [6.45, 7) is 4.73. The van der Waals surface area contributed by atoms with Gasteiger partial charge in [0.1, 0.15) is 0 Å². The Morgan fingerprint density at radius 3 is 2.74 bits per heavy atom. The molecule has 3 nitrogen and oxygen atoms in total. The summed E-state index contributed by atoms with van der Waals surface area (Å²) in [6.07, 6.45) is 10.5. The van der Waals surface area contributed by atoms with Crippen molar-refractivity contribution in [2.75, 3.05) is 13.7 Å². The predicted molar refractivity (Wildman–Crippen MR) is 77.1 cm³/mol. The topological polar surface area (TPSA) is 46.5 Å². The normalized spacial score (nSPS) is 26.3. The zero-order chi connectivity index (χ0) is 14.3. The highest BCUT2D eigenvalue weighted by Crippen LogP contribution is 2.44. The number of allylic oxidation sites excluding steroid dienone is 3. The van der Waals surface area contributed by atoms with Crippen molar-refractivity contribution in [3.05, 3.63) is 23.8 Å². The summed E-state index contributed by atoms with van der Waals surface area (Å²) in [5, 5.41) is 9.68. The Kier molecular flexibility index (Phi) is 6.29. The zero-order valence-electron chi connectivity index (χ0n) is 12.3. The van der Waals surface area contributed by atoms with Gasteiger partial charge in [0.05, 0.1) is 5.41 Å². The summed E-state index contributed by atoms with van der Waals surface area (Å²) in [5.74, 6) is -0.652. The molecule has 0 amide bonds. The average Bonchev–Trinajstić information content (AvgIpc) is 2.42. The molecule has 108 valence electrons. The van der Waals surface area contributed by atoms with E-state index >= 15 is 0 Å². The van der Waals surface area contributed by atoms with Gasteiger partial charge in [-0.2, -0.15) is 0 Å². The van der Waals surface area contributed by atoms with Crippen LogP contribution in [0.5, 0.6) is 0 Å². The molecule has 1 aliphatic rings. The molecule has 19 heavy (non-hydrogen) atoms. The molecule has 0 saturated carbocycles. The monoisotopic (exact) mass is 266 g/mol. The lowest BCUT2D eigenvalue weighted by molar-refractivity contribution is -0.149. The molecule has 0 aromatic rings. The minimum absolute atomic E-state index is 0.0616. The van der Waals surface area contributed by atoms with E-state index in [2.05, 4.69) is 13.0 Å². The van der Waals surface area contributed by atoms with Gasteiger partial charge in [0.15, 0.2) is 0 Å². The maximum Gasteiger partial charge on any atom is 0.314 e. The number of aliphatic carboxylic acids is 1. The summed E-state index contributed by atoms with van der Waals surface area (Å²) < 4.78 is 5.17. The van der Waals surface area contributed by atoms with E-state index in [1.165, 1.54) is 5.57 Å². The van der Waals surface area contributed by atoms with Crippen LogP contribution >= 0.6 is 0 Å². The number of hydrogen-bond donors (Lipinski definition) is 1. The highest BCUT2D eigenvalue weighted by molar-refractivity contribution is 5.78. The zero-order valence-corrected chi connectivity index (χ0v) is 12.3. The van der Waals surface area contributed by atoms with Crippen LogP contribution in [-0.2, 0) is 9.53 Å². The van der Waals surface area contributed by atoms with Gasteiger partial charge < -0.3 is 9.84 Å². The molecule has 2 unspecified atom stereocenters.